The van der Waals surface area contributed by atoms with Crippen LogP contribution < -0.4 is 11.0 Å². The van der Waals surface area contributed by atoms with Crippen LogP contribution in [0.4, 0.5) is 0 Å². The highest BCUT2D eigenvalue weighted by atomic mass is 35.5. The molecule has 0 aliphatic heterocycles. The van der Waals surface area contributed by atoms with E-state index in [2.05, 4.69) is 28.7 Å². The van der Waals surface area contributed by atoms with E-state index in [0.717, 1.165) is 38.6 Å². The molecule has 1 N–H and O–H groups in total. The quantitative estimate of drug-likeness (QED) is 0.109. The number of ether oxygens (including phenoxy) is 1. The highest BCUT2D eigenvalue weighted by Crippen LogP contribution is 2.36. The Bertz CT molecular complexity index is 2010. The van der Waals surface area contributed by atoms with Crippen LogP contribution in [0.2, 0.25) is 5.02 Å². The van der Waals surface area contributed by atoms with Crippen LogP contribution in [0.25, 0.3) is 44.2 Å². The molecule has 6 nitrogen and oxygen atoms in total. The van der Waals surface area contributed by atoms with Crippen molar-refractivity contribution < 1.29 is 18.4 Å². The van der Waals surface area contributed by atoms with Gasteiger partial charge in [0.05, 0.1) is 18.4 Å². The molecule has 6 rings (SSSR count). The number of allylic oxidation sites excluding steroid dienone is 1. The van der Waals surface area contributed by atoms with Crippen molar-refractivity contribution >= 4 is 39.5 Å². The first-order chi connectivity index (χ1) is 21.0. The summed E-state index contributed by atoms with van der Waals surface area (Å²) in [6.07, 6.45) is 2.16. The smallest absolute Gasteiger partial charge is 0.336 e. The summed E-state index contributed by atoms with van der Waals surface area (Å²) in [7, 11) is 0. The summed E-state index contributed by atoms with van der Waals surface area (Å²) < 4.78 is 17.6. The number of hydrogen-bond acceptors (Lipinski definition) is 6. The fourth-order valence-corrected chi connectivity index (χ4v) is 5.17. The molecule has 0 aliphatic rings. The minimum Gasteiger partial charge on any atom is -0.464 e. The van der Waals surface area contributed by atoms with Gasteiger partial charge in [0.15, 0.2) is 0 Å². The largest absolute Gasteiger partial charge is 0.464 e. The second kappa shape index (κ2) is 12.4. The second-order valence-electron chi connectivity index (χ2n) is 10.1. The fraction of sp³-hybridized carbons (Fsp3) is 0.111. The summed E-state index contributed by atoms with van der Waals surface area (Å²) in [6.45, 7) is 3.88. The molecule has 0 atom stereocenters. The van der Waals surface area contributed by atoms with Crippen molar-refractivity contribution in [1.82, 2.24) is 5.43 Å². The zero-order valence-corrected chi connectivity index (χ0v) is 24.5. The number of carbonyl (C=O) groups is 1. The third-order valence-electron chi connectivity index (χ3n) is 7.22. The van der Waals surface area contributed by atoms with Crippen molar-refractivity contribution in [3.63, 3.8) is 0 Å². The molecule has 4 aromatic carbocycles. The van der Waals surface area contributed by atoms with Gasteiger partial charge in [-0.1, -0.05) is 84.4 Å². The molecule has 6 aromatic rings. The predicted octanol–water partition coefficient (Wildman–Crippen LogP) is 8.65. The Morgan fingerprint density at radius 2 is 1.51 bits per heavy atom. The Labute approximate surface area is 253 Å². The summed E-state index contributed by atoms with van der Waals surface area (Å²) in [5.74, 6) is -0.385. The molecule has 214 valence electrons. The molecule has 0 amide bonds. The first-order valence-corrected chi connectivity index (χ1v) is 14.4. The van der Waals surface area contributed by atoms with Crippen LogP contribution in [0.5, 0.6) is 0 Å². The Morgan fingerprint density at radius 1 is 0.837 bits per heavy atom. The van der Waals surface area contributed by atoms with E-state index < -0.39 is 0 Å². The predicted molar refractivity (Wildman–Crippen MR) is 170 cm³/mol. The molecule has 2 aromatic heterocycles. The van der Waals surface area contributed by atoms with E-state index in [1.165, 1.54) is 0 Å². The monoisotopic (exact) mass is 588 g/mol. The van der Waals surface area contributed by atoms with Gasteiger partial charge >= 0.3 is 5.97 Å². The summed E-state index contributed by atoms with van der Waals surface area (Å²) in [4.78, 5) is 12.9. The van der Waals surface area contributed by atoms with Crippen LogP contribution in [-0.2, 0) is 16.0 Å². The van der Waals surface area contributed by atoms with Gasteiger partial charge in [0.1, 0.15) is 11.2 Å². The highest BCUT2D eigenvalue weighted by Gasteiger charge is 2.17. The van der Waals surface area contributed by atoms with Gasteiger partial charge in [0.25, 0.3) is 0 Å². The number of hydrogen-bond donors (Lipinski definition) is 1. The Kier molecular flexibility index (Phi) is 8.11. The van der Waals surface area contributed by atoms with E-state index in [-0.39, 0.29) is 12.6 Å². The highest BCUT2D eigenvalue weighted by molar-refractivity contribution is 6.30. The Hall–Kier alpha value is -5.07. The Balaban J connectivity index is 1.46. The van der Waals surface area contributed by atoms with Crippen LogP contribution in [-0.4, -0.2) is 12.6 Å². The minimum atomic E-state index is -0.385. The maximum atomic E-state index is 12.9. The van der Waals surface area contributed by atoms with Crippen molar-refractivity contribution in [2.45, 2.75) is 20.3 Å². The van der Waals surface area contributed by atoms with E-state index in [1.54, 1.807) is 13.2 Å². The van der Waals surface area contributed by atoms with Gasteiger partial charge in [0.2, 0.25) is 5.55 Å². The number of rotatable bonds is 8. The summed E-state index contributed by atoms with van der Waals surface area (Å²) in [6, 6.07) is 33.4. The lowest BCUT2D eigenvalue weighted by molar-refractivity contribution is -0.138. The average Bonchev–Trinajstić information content (AvgIpc) is 3.45. The van der Waals surface area contributed by atoms with E-state index in [1.807, 2.05) is 91.9 Å². The third-order valence-corrected chi connectivity index (χ3v) is 7.47. The van der Waals surface area contributed by atoms with E-state index in [4.69, 9.17) is 25.2 Å². The molecule has 0 spiro atoms. The number of furan rings is 1. The number of nitrogens with one attached hydrogen (secondary N) is 1. The molecular formula is C36H29ClN2O4. The van der Waals surface area contributed by atoms with Crippen LogP contribution in [0, 0.1) is 0 Å². The fourth-order valence-electron chi connectivity index (χ4n) is 5.04. The maximum absolute atomic E-state index is 12.9. The molecule has 0 radical (unpaired) electrons. The number of carbonyl (C=O) groups excluding carboxylic acids is 1. The van der Waals surface area contributed by atoms with Gasteiger partial charge in [-0.2, -0.15) is 0 Å². The molecule has 0 saturated heterocycles. The maximum Gasteiger partial charge on any atom is 0.336 e. The standard InChI is InChI=1S/C36H29ClN2O4/c1-3-41-36(40)28(18-24-10-6-4-7-11-24)23(2)38-39-35-20-29(25-12-8-5-9-13-25)30-19-31-32(26-14-16-27(37)17-15-26)22-42-33(31)21-34(30)43-35/h4-17,19-22,38H,3,18H2,1-2H3. The number of benzene rings is 4. The summed E-state index contributed by atoms with van der Waals surface area (Å²) >= 11 is 6.13. The molecule has 0 bridgehead atoms. The van der Waals surface area contributed by atoms with Crippen LogP contribution in [0.3, 0.4) is 0 Å². The first kappa shape index (κ1) is 28.1. The van der Waals surface area contributed by atoms with Crippen molar-refractivity contribution in [3.05, 3.63) is 137 Å². The Morgan fingerprint density at radius 3 is 2.23 bits per heavy atom. The summed E-state index contributed by atoms with van der Waals surface area (Å²) in [5, 5.41) is 7.12. The topological polar surface area (TPSA) is 77.0 Å². The second-order valence-corrected chi connectivity index (χ2v) is 10.5. The van der Waals surface area contributed by atoms with Crippen molar-refractivity contribution in [2.75, 3.05) is 6.61 Å². The molecule has 0 unspecified atom stereocenters. The zero-order chi connectivity index (χ0) is 29.8. The minimum absolute atomic E-state index is 0.281. The molecule has 43 heavy (non-hydrogen) atoms. The average molecular weight is 589 g/mol. The van der Waals surface area contributed by atoms with Crippen LogP contribution in [0.15, 0.2) is 135 Å². The molecule has 0 saturated carbocycles. The number of nitrogens with zero attached hydrogens (tertiary/aromatic N) is 1. The van der Waals surface area contributed by atoms with Crippen molar-refractivity contribution in [1.29, 1.82) is 0 Å². The van der Waals surface area contributed by atoms with Crippen molar-refractivity contribution in [3.8, 4) is 22.3 Å². The first-order valence-electron chi connectivity index (χ1n) is 14.0. The lowest BCUT2D eigenvalue weighted by atomic mass is 9.98. The molecule has 0 fully saturated rings. The van der Waals surface area contributed by atoms with Gasteiger partial charge in [-0.15, -0.1) is 5.10 Å². The molecule has 7 heteroatoms. The van der Waals surface area contributed by atoms with Gasteiger partial charge in [0, 0.05) is 45.6 Å². The van der Waals surface area contributed by atoms with Gasteiger partial charge < -0.3 is 13.6 Å². The molecule has 0 aliphatic carbocycles. The molecule has 2 heterocycles. The summed E-state index contributed by atoms with van der Waals surface area (Å²) in [5.41, 5.74) is 10.7. The zero-order valence-electron chi connectivity index (χ0n) is 23.8. The lowest BCUT2D eigenvalue weighted by Crippen LogP contribution is -2.19. The lowest BCUT2D eigenvalue weighted by Gasteiger charge is -2.11. The SMILES string of the molecule is CCOC(=O)C(Cc1ccccc1)=C(C)NN=c1cc(-c2ccccc2)c2cc3c(-c4ccc(Cl)cc4)coc3cc2o1. The van der Waals surface area contributed by atoms with Gasteiger partial charge in [-0.3, -0.25) is 5.43 Å². The van der Waals surface area contributed by atoms with E-state index in [0.29, 0.717) is 39.4 Å². The van der Waals surface area contributed by atoms with Gasteiger partial charge in [-0.05, 0) is 54.3 Å². The normalized spacial score (nSPS) is 12.4. The van der Waals surface area contributed by atoms with Crippen LogP contribution >= 0.6 is 11.6 Å². The third kappa shape index (κ3) is 6.10. The number of halogens is 1. The van der Waals surface area contributed by atoms with E-state index in [9.17, 15) is 4.79 Å². The van der Waals surface area contributed by atoms with Crippen molar-refractivity contribution in [2.24, 2.45) is 5.10 Å². The number of fused-ring (bicyclic) bond motifs is 2. The molecular weight excluding hydrogens is 560 g/mol. The van der Waals surface area contributed by atoms with Crippen LogP contribution in [0.1, 0.15) is 19.4 Å². The van der Waals surface area contributed by atoms with Gasteiger partial charge in [-0.25, -0.2) is 4.79 Å². The number of esters is 1. The van der Waals surface area contributed by atoms with E-state index >= 15 is 0 Å².